The molecule has 0 radical (unpaired) electrons. The molecule has 0 aliphatic rings. The van der Waals surface area contributed by atoms with Crippen LogP contribution in [0.4, 0.5) is 5.69 Å². The van der Waals surface area contributed by atoms with Crippen LogP contribution in [0.2, 0.25) is 5.15 Å². The third-order valence-electron chi connectivity index (χ3n) is 3.45. The van der Waals surface area contributed by atoms with E-state index in [-0.39, 0.29) is 5.92 Å². The predicted octanol–water partition coefficient (Wildman–Crippen LogP) is 3.56. The zero-order valence-electron chi connectivity index (χ0n) is 12.6. The van der Waals surface area contributed by atoms with E-state index in [0.717, 1.165) is 24.5 Å². The van der Waals surface area contributed by atoms with E-state index in [1.54, 1.807) is 10.6 Å². The van der Waals surface area contributed by atoms with Crippen molar-refractivity contribution in [3.05, 3.63) is 52.9 Å². The van der Waals surface area contributed by atoms with Crippen molar-refractivity contribution in [3.63, 3.8) is 0 Å². The Kier molecular flexibility index (Phi) is 4.24. The molecule has 22 heavy (non-hydrogen) atoms. The quantitative estimate of drug-likeness (QED) is 0.782. The Morgan fingerprint density at radius 3 is 2.68 bits per heavy atom. The fraction of sp³-hybridized carbons (Fsp3) is 0.312. The highest BCUT2D eigenvalue weighted by atomic mass is 35.5. The molecule has 6 heteroatoms. The molecule has 0 saturated heterocycles. The molecular formula is C16H18ClN5. The van der Waals surface area contributed by atoms with Gasteiger partial charge in [0.1, 0.15) is 0 Å². The molecule has 2 heterocycles. The van der Waals surface area contributed by atoms with E-state index >= 15 is 0 Å². The smallest absolute Gasteiger partial charge is 0.201 e. The van der Waals surface area contributed by atoms with Gasteiger partial charge in [0, 0.05) is 18.5 Å². The lowest BCUT2D eigenvalue weighted by molar-refractivity contribution is 0.721. The van der Waals surface area contributed by atoms with Gasteiger partial charge in [-0.25, -0.2) is 0 Å². The first-order valence-electron chi connectivity index (χ1n) is 7.35. The van der Waals surface area contributed by atoms with E-state index < -0.39 is 0 Å². The van der Waals surface area contributed by atoms with Crippen LogP contribution in [0.1, 0.15) is 31.2 Å². The summed E-state index contributed by atoms with van der Waals surface area (Å²) >= 11 is 6.13. The molecule has 0 bridgehead atoms. The fourth-order valence-corrected chi connectivity index (χ4v) is 2.53. The van der Waals surface area contributed by atoms with Crippen LogP contribution in [0, 0.1) is 0 Å². The normalized spacial score (nSPS) is 11.3. The van der Waals surface area contributed by atoms with E-state index in [0.29, 0.717) is 10.8 Å². The third kappa shape index (κ3) is 3.04. The average Bonchev–Trinajstić information content (AvgIpc) is 2.92. The van der Waals surface area contributed by atoms with Gasteiger partial charge >= 0.3 is 0 Å². The van der Waals surface area contributed by atoms with Crippen LogP contribution in [-0.4, -0.2) is 26.4 Å². The highest BCUT2D eigenvalue weighted by molar-refractivity contribution is 6.29. The molecule has 0 amide bonds. The summed E-state index contributed by atoms with van der Waals surface area (Å²) in [7, 11) is 0. The molecule has 0 aliphatic heterocycles. The molecule has 5 nitrogen and oxygen atoms in total. The fourth-order valence-electron chi connectivity index (χ4n) is 2.34. The molecular weight excluding hydrogens is 298 g/mol. The highest BCUT2D eigenvalue weighted by Crippen LogP contribution is 2.22. The number of aromatic nitrogens is 4. The Bertz CT molecular complexity index is 767. The summed E-state index contributed by atoms with van der Waals surface area (Å²) in [5.74, 6) is 1.04. The Hall–Kier alpha value is -2.14. The molecule has 0 unspecified atom stereocenters. The number of fused-ring (bicyclic) bond motifs is 1. The Labute approximate surface area is 134 Å². The summed E-state index contributed by atoms with van der Waals surface area (Å²) in [5, 5.41) is 16.6. The van der Waals surface area contributed by atoms with Crippen LogP contribution in [0.15, 0.2) is 36.4 Å². The molecule has 114 valence electrons. The number of halogens is 1. The molecule has 2 aromatic heterocycles. The summed E-state index contributed by atoms with van der Waals surface area (Å²) in [6.07, 6.45) is 0.929. The van der Waals surface area contributed by atoms with E-state index in [1.807, 2.05) is 18.2 Å². The number of rotatable bonds is 5. The second-order valence-electron chi connectivity index (χ2n) is 5.49. The Morgan fingerprint density at radius 1 is 1.18 bits per heavy atom. The van der Waals surface area contributed by atoms with Gasteiger partial charge in [-0.05, 0) is 12.0 Å². The van der Waals surface area contributed by atoms with Gasteiger partial charge in [-0.1, -0.05) is 55.8 Å². The van der Waals surface area contributed by atoms with Crippen molar-refractivity contribution in [1.29, 1.82) is 0 Å². The second kappa shape index (κ2) is 6.32. The maximum absolute atomic E-state index is 6.13. The largest absolute Gasteiger partial charge is 0.382 e. The van der Waals surface area contributed by atoms with Crippen LogP contribution in [0.5, 0.6) is 0 Å². The number of anilines is 1. The van der Waals surface area contributed by atoms with Gasteiger partial charge in [0.15, 0.2) is 11.0 Å². The minimum Gasteiger partial charge on any atom is -0.382 e. The summed E-state index contributed by atoms with van der Waals surface area (Å²) in [4.78, 5) is 0. The van der Waals surface area contributed by atoms with E-state index in [9.17, 15) is 0 Å². The number of hydrogen-bond donors (Lipinski definition) is 1. The predicted molar refractivity (Wildman–Crippen MR) is 88.5 cm³/mol. The maximum Gasteiger partial charge on any atom is 0.201 e. The Morgan fingerprint density at radius 2 is 1.95 bits per heavy atom. The summed E-state index contributed by atoms with van der Waals surface area (Å²) in [6.45, 7) is 4.91. The molecule has 3 rings (SSSR count). The van der Waals surface area contributed by atoms with Gasteiger partial charge in [-0.15, -0.1) is 10.2 Å². The van der Waals surface area contributed by atoms with E-state index in [2.05, 4.69) is 46.6 Å². The van der Waals surface area contributed by atoms with Crippen molar-refractivity contribution < 1.29 is 0 Å². The van der Waals surface area contributed by atoms with Crippen molar-refractivity contribution >= 4 is 22.9 Å². The summed E-state index contributed by atoms with van der Waals surface area (Å²) < 4.78 is 1.72. The molecule has 0 fully saturated rings. The van der Waals surface area contributed by atoms with Crippen molar-refractivity contribution in [2.45, 2.75) is 26.2 Å². The standard InChI is InChI=1S/C16H18ClN5/c1-11(2)15-19-20-16-13(10-14(17)21-22(15)16)18-9-8-12-6-4-3-5-7-12/h3-7,10-11,18H,8-9H2,1-2H3. The van der Waals surface area contributed by atoms with Gasteiger partial charge < -0.3 is 5.32 Å². The van der Waals surface area contributed by atoms with Crippen molar-refractivity contribution in [2.75, 3.05) is 11.9 Å². The van der Waals surface area contributed by atoms with Crippen LogP contribution in [-0.2, 0) is 6.42 Å². The van der Waals surface area contributed by atoms with Gasteiger partial charge in [-0.2, -0.15) is 9.61 Å². The van der Waals surface area contributed by atoms with Crippen molar-refractivity contribution in [2.24, 2.45) is 0 Å². The highest BCUT2D eigenvalue weighted by Gasteiger charge is 2.14. The van der Waals surface area contributed by atoms with Crippen LogP contribution in [0.3, 0.4) is 0 Å². The number of hydrogen-bond acceptors (Lipinski definition) is 4. The van der Waals surface area contributed by atoms with E-state index in [4.69, 9.17) is 11.6 Å². The lowest BCUT2D eigenvalue weighted by Crippen LogP contribution is -2.08. The molecule has 1 aromatic carbocycles. The van der Waals surface area contributed by atoms with Crippen molar-refractivity contribution in [1.82, 2.24) is 19.8 Å². The molecule has 1 N–H and O–H groups in total. The first kappa shape index (κ1) is 14.8. The lowest BCUT2D eigenvalue weighted by atomic mass is 10.1. The summed E-state index contributed by atoms with van der Waals surface area (Å²) in [6, 6.07) is 12.1. The molecule has 0 aliphatic carbocycles. The van der Waals surface area contributed by atoms with Gasteiger partial charge in [0.2, 0.25) is 5.65 Å². The van der Waals surface area contributed by atoms with E-state index in [1.165, 1.54) is 5.56 Å². The minimum atomic E-state index is 0.234. The van der Waals surface area contributed by atoms with Crippen molar-refractivity contribution in [3.8, 4) is 0 Å². The lowest BCUT2D eigenvalue weighted by Gasteiger charge is -2.09. The second-order valence-corrected chi connectivity index (χ2v) is 5.88. The Balaban J connectivity index is 1.81. The van der Waals surface area contributed by atoms with Crippen LogP contribution < -0.4 is 5.32 Å². The monoisotopic (exact) mass is 315 g/mol. The van der Waals surface area contributed by atoms with Gasteiger partial charge in [0.05, 0.1) is 5.69 Å². The number of nitrogens with zero attached hydrogens (tertiary/aromatic N) is 4. The first-order valence-corrected chi connectivity index (χ1v) is 7.72. The van der Waals surface area contributed by atoms with Crippen LogP contribution >= 0.6 is 11.6 Å². The number of benzene rings is 1. The van der Waals surface area contributed by atoms with Gasteiger partial charge in [0.25, 0.3) is 0 Å². The molecule has 0 atom stereocenters. The molecule has 0 spiro atoms. The third-order valence-corrected chi connectivity index (χ3v) is 3.64. The number of nitrogens with one attached hydrogen (secondary N) is 1. The molecule has 3 aromatic rings. The zero-order valence-corrected chi connectivity index (χ0v) is 13.4. The van der Waals surface area contributed by atoms with Gasteiger partial charge in [-0.3, -0.25) is 0 Å². The SMILES string of the molecule is CC(C)c1nnc2c(NCCc3ccccc3)cc(Cl)nn12. The van der Waals surface area contributed by atoms with Crippen LogP contribution in [0.25, 0.3) is 5.65 Å². The molecule has 0 saturated carbocycles. The topological polar surface area (TPSA) is 55.1 Å². The maximum atomic E-state index is 6.13. The minimum absolute atomic E-state index is 0.234. The summed E-state index contributed by atoms with van der Waals surface area (Å²) in [5.41, 5.74) is 2.85. The average molecular weight is 316 g/mol. The zero-order chi connectivity index (χ0) is 15.5. The first-order chi connectivity index (χ1) is 10.6.